The lowest BCUT2D eigenvalue weighted by Gasteiger charge is -2.25. The smallest absolute Gasteiger partial charge is 0.256 e. The van der Waals surface area contributed by atoms with Crippen LogP contribution in [0.2, 0.25) is 0 Å². The van der Waals surface area contributed by atoms with Gasteiger partial charge in [0.2, 0.25) is 0 Å². The lowest BCUT2D eigenvalue weighted by Crippen LogP contribution is -2.35. The molecular formula is C14H20N2O2. The molecule has 0 bridgehead atoms. The van der Waals surface area contributed by atoms with Gasteiger partial charge in [-0.15, -0.1) is 0 Å². The quantitative estimate of drug-likeness (QED) is 0.835. The summed E-state index contributed by atoms with van der Waals surface area (Å²) in [4.78, 5) is 14.2. The maximum absolute atomic E-state index is 12.4. The number of ether oxygens (including phenoxy) is 1. The van der Waals surface area contributed by atoms with E-state index in [4.69, 9.17) is 10.5 Å². The van der Waals surface area contributed by atoms with E-state index in [0.717, 1.165) is 12.8 Å². The Bertz CT molecular complexity index is 439. The van der Waals surface area contributed by atoms with E-state index < -0.39 is 0 Å². The van der Waals surface area contributed by atoms with Gasteiger partial charge in [-0.05, 0) is 25.0 Å². The van der Waals surface area contributed by atoms with Crippen LogP contribution in [0.15, 0.2) is 18.2 Å². The highest BCUT2D eigenvalue weighted by Gasteiger charge is 2.25. The molecule has 1 aromatic rings. The Morgan fingerprint density at radius 1 is 1.39 bits per heavy atom. The van der Waals surface area contributed by atoms with Crippen molar-refractivity contribution in [1.29, 1.82) is 0 Å². The van der Waals surface area contributed by atoms with Crippen LogP contribution in [-0.2, 0) is 0 Å². The number of nitrogens with two attached hydrogens (primary N) is 1. The summed E-state index contributed by atoms with van der Waals surface area (Å²) < 4.78 is 5.15. The molecule has 2 N–H and O–H groups in total. The van der Waals surface area contributed by atoms with Crippen LogP contribution in [0.3, 0.4) is 0 Å². The standard InChI is InChI=1S/C14H20N2O2/c1-16(10-6-3-4-7-10)14(17)11-8-5-9-12(18-2)13(11)15/h5,8-10H,3-4,6-7,15H2,1-2H3. The minimum atomic E-state index is -0.0155. The highest BCUT2D eigenvalue weighted by Crippen LogP contribution is 2.28. The summed E-state index contributed by atoms with van der Waals surface area (Å²) in [5, 5.41) is 0. The molecule has 0 saturated heterocycles. The van der Waals surface area contributed by atoms with Gasteiger partial charge in [0, 0.05) is 13.1 Å². The number of amides is 1. The second-order valence-corrected chi connectivity index (χ2v) is 4.78. The Balaban J connectivity index is 2.22. The van der Waals surface area contributed by atoms with Crippen molar-refractivity contribution in [1.82, 2.24) is 4.90 Å². The Morgan fingerprint density at radius 3 is 2.67 bits per heavy atom. The first-order valence-corrected chi connectivity index (χ1v) is 6.34. The molecule has 2 rings (SSSR count). The van der Waals surface area contributed by atoms with E-state index in [2.05, 4.69) is 0 Å². The highest BCUT2D eigenvalue weighted by molar-refractivity contribution is 6.00. The van der Waals surface area contributed by atoms with E-state index in [1.54, 1.807) is 25.3 Å². The third kappa shape index (κ3) is 2.28. The molecule has 0 heterocycles. The zero-order valence-corrected chi connectivity index (χ0v) is 11.0. The molecule has 0 spiro atoms. The number of carbonyl (C=O) groups is 1. The number of carbonyl (C=O) groups excluding carboxylic acids is 1. The van der Waals surface area contributed by atoms with E-state index in [1.165, 1.54) is 12.8 Å². The molecule has 1 aliphatic carbocycles. The second kappa shape index (κ2) is 5.29. The van der Waals surface area contributed by atoms with Crippen molar-refractivity contribution in [3.8, 4) is 5.75 Å². The number of anilines is 1. The number of nitrogen functional groups attached to an aromatic ring is 1. The monoisotopic (exact) mass is 248 g/mol. The molecule has 1 aliphatic rings. The Hall–Kier alpha value is -1.71. The summed E-state index contributed by atoms with van der Waals surface area (Å²) in [5.74, 6) is 0.541. The maximum Gasteiger partial charge on any atom is 0.256 e. The Kier molecular flexibility index (Phi) is 3.75. The summed E-state index contributed by atoms with van der Waals surface area (Å²) in [5.41, 5.74) is 6.92. The van der Waals surface area contributed by atoms with Crippen LogP contribution in [0, 0.1) is 0 Å². The summed E-state index contributed by atoms with van der Waals surface area (Å²) in [6.45, 7) is 0. The summed E-state index contributed by atoms with van der Waals surface area (Å²) in [6, 6.07) is 5.67. The third-order valence-electron chi connectivity index (χ3n) is 3.71. The summed E-state index contributed by atoms with van der Waals surface area (Å²) >= 11 is 0. The molecule has 0 unspecified atom stereocenters. The second-order valence-electron chi connectivity index (χ2n) is 4.78. The van der Waals surface area contributed by atoms with Crippen molar-refractivity contribution < 1.29 is 9.53 Å². The van der Waals surface area contributed by atoms with Crippen molar-refractivity contribution >= 4 is 11.6 Å². The zero-order valence-electron chi connectivity index (χ0n) is 11.0. The van der Waals surface area contributed by atoms with Crippen molar-refractivity contribution in [3.63, 3.8) is 0 Å². The molecule has 1 saturated carbocycles. The van der Waals surface area contributed by atoms with E-state index in [1.807, 2.05) is 11.9 Å². The predicted octanol–water partition coefficient (Wildman–Crippen LogP) is 2.29. The molecule has 1 amide bonds. The fraction of sp³-hybridized carbons (Fsp3) is 0.500. The third-order valence-corrected chi connectivity index (χ3v) is 3.71. The fourth-order valence-corrected chi connectivity index (χ4v) is 2.56. The van der Waals surface area contributed by atoms with Gasteiger partial charge in [-0.1, -0.05) is 18.9 Å². The van der Waals surface area contributed by atoms with Gasteiger partial charge in [0.15, 0.2) is 0 Å². The molecule has 0 atom stereocenters. The first-order chi connectivity index (χ1) is 8.65. The van der Waals surface area contributed by atoms with E-state index in [-0.39, 0.29) is 5.91 Å². The number of nitrogens with zero attached hydrogens (tertiary/aromatic N) is 1. The van der Waals surface area contributed by atoms with Crippen molar-refractivity contribution in [3.05, 3.63) is 23.8 Å². The number of rotatable bonds is 3. The lowest BCUT2D eigenvalue weighted by atomic mass is 10.1. The van der Waals surface area contributed by atoms with Crippen LogP contribution < -0.4 is 10.5 Å². The summed E-state index contributed by atoms with van der Waals surface area (Å²) in [7, 11) is 3.41. The van der Waals surface area contributed by atoms with Crippen molar-refractivity contribution in [2.75, 3.05) is 19.9 Å². The SMILES string of the molecule is COc1cccc(C(=O)N(C)C2CCCC2)c1N. The van der Waals surface area contributed by atoms with Gasteiger partial charge in [-0.25, -0.2) is 0 Å². The molecular weight excluding hydrogens is 228 g/mol. The van der Waals surface area contributed by atoms with Gasteiger partial charge in [-0.3, -0.25) is 4.79 Å². The average molecular weight is 248 g/mol. The molecule has 0 aliphatic heterocycles. The summed E-state index contributed by atoms with van der Waals surface area (Å²) in [6.07, 6.45) is 4.59. The Morgan fingerprint density at radius 2 is 2.06 bits per heavy atom. The molecule has 4 heteroatoms. The fourth-order valence-electron chi connectivity index (χ4n) is 2.56. The van der Waals surface area contributed by atoms with E-state index in [9.17, 15) is 4.79 Å². The molecule has 98 valence electrons. The number of hydrogen-bond donors (Lipinski definition) is 1. The first-order valence-electron chi connectivity index (χ1n) is 6.34. The molecule has 1 fully saturated rings. The maximum atomic E-state index is 12.4. The normalized spacial score (nSPS) is 15.7. The number of para-hydroxylation sites is 1. The van der Waals surface area contributed by atoms with E-state index >= 15 is 0 Å². The zero-order chi connectivity index (χ0) is 13.1. The molecule has 18 heavy (non-hydrogen) atoms. The number of methoxy groups -OCH3 is 1. The highest BCUT2D eigenvalue weighted by atomic mass is 16.5. The van der Waals surface area contributed by atoms with Crippen LogP contribution >= 0.6 is 0 Å². The Labute approximate surface area is 108 Å². The van der Waals surface area contributed by atoms with E-state index in [0.29, 0.717) is 23.0 Å². The van der Waals surface area contributed by atoms with Gasteiger partial charge in [0.25, 0.3) is 5.91 Å². The first kappa shape index (κ1) is 12.7. The predicted molar refractivity (Wildman–Crippen MR) is 71.8 cm³/mol. The lowest BCUT2D eigenvalue weighted by molar-refractivity contribution is 0.0736. The largest absolute Gasteiger partial charge is 0.495 e. The van der Waals surface area contributed by atoms with Crippen LogP contribution in [0.4, 0.5) is 5.69 Å². The molecule has 0 radical (unpaired) electrons. The van der Waals surface area contributed by atoms with Crippen LogP contribution in [-0.4, -0.2) is 31.0 Å². The number of benzene rings is 1. The van der Waals surface area contributed by atoms with Gasteiger partial charge < -0.3 is 15.4 Å². The van der Waals surface area contributed by atoms with Crippen LogP contribution in [0.1, 0.15) is 36.0 Å². The molecule has 0 aromatic heterocycles. The molecule has 1 aromatic carbocycles. The molecule has 4 nitrogen and oxygen atoms in total. The van der Waals surface area contributed by atoms with Gasteiger partial charge >= 0.3 is 0 Å². The minimum Gasteiger partial charge on any atom is -0.495 e. The van der Waals surface area contributed by atoms with Crippen LogP contribution in [0.5, 0.6) is 5.75 Å². The topological polar surface area (TPSA) is 55.6 Å². The van der Waals surface area contributed by atoms with Gasteiger partial charge in [-0.2, -0.15) is 0 Å². The van der Waals surface area contributed by atoms with Crippen LogP contribution in [0.25, 0.3) is 0 Å². The average Bonchev–Trinajstić information content (AvgIpc) is 2.91. The number of hydrogen-bond acceptors (Lipinski definition) is 3. The minimum absolute atomic E-state index is 0.0155. The van der Waals surface area contributed by atoms with Crippen molar-refractivity contribution in [2.24, 2.45) is 0 Å². The van der Waals surface area contributed by atoms with Gasteiger partial charge in [0.05, 0.1) is 18.4 Å². The van der Waals surface area contributed by atoms with Gasteiger partial charge in [0.1, 0.15) is 5.75 Å². The van der Waals surface area contributed by atoms with Crippen molar-refractivity contribution in [2.45, 2.75) is 31.7 Å².